The number of nitrogens with one attached hydrogen (secondary N) is 1. The van der Waals surface area contributed by atoms with Crippen molar-refractivity contribution in [1.29, 1.82) is 0 Å². The SMILES string of the molecule is COc1cc(/C=C/C(=O)Nc2nnc(Cc3ccc(C)cc3C)o2)cc(OC)c1OC. The number of benzene rings is 2. The largest absolute Gasteiger partial charge is 0.493 e. The van der Waals surface area contributed by atoms with Crippen molar-refractivity contribution in [1.82, 2.24) is 10.2 Å². The summed E-state index contributed by atoms with van der Waals surface area (Å²) in [6.07, 6.45) is 3.47. The van der Waals surface area contributed by atoms with Crippen molar-refractivity contribution >= 4 is 18.0 Å². The topological polar surface area (TPSA) is 95.7 Å². The Hall–Kier alpha value is -3.81. The summed E-state index contributed by atoms with van der Waals surface area (Å²) >= 11 is 0. The molecule has 31 heavy (non-hydrogen) atoms. The molecule has 1 aromatic heterocycles. The molecule has 0 aliphatic carbocycles. The summed E-state index contributed by atoms with van der Waals surface area (Å²) in [5.74, 6) is 1.49. The monoisotopic (exact) mass is 423 g/mol. The normalized spacial score (nSPS) is 10.9. The molecule has 0 aliphatic heterocycles. The van der Waals surface area contributed by atoms with Crippen LogP contribution in [0.2, 0.25) is 0 Å². The third-order valence-electron chi connectivity index (χ3n) is 4.65. The van der Waals surface area contributed by atoms with Gasteiger partial charge in [-0.1, -0.05) is 28.9 Å². The quantitative estimate of drug-likeness (QED) is 0.548. The maximum atomic E-state index is 12.3. The van der Waals surface area contributed by atoms with Gasteiger partial charge in [-0.05, 0) is 48.7 Å². The van der Waals surface area contributed by atoms with E-state index in [9.17, 15) is 4.79 Å². The summed E-state index contributed by atoms with van der Waals surface area (Å²) in [5.41, 5.74) is 4.14. The van der Waals surface area contributed by atoms with Crippen LogP contribution in [-0.2, 0) is 11.2 Å². The average Bonchev–Trinajstić information content (AvgIpc) is 3.20. The molecule has 1 amide bonds. The first-order chi connectivity index (χ1) is 14.9. The van der Waals surface area contributed by atoms with Gasteiger partial charge in [-0.25, -0.2) is 0 Å². The summed E-state index contributed by atoms with van der Waals surface area (Å²) in [4.78, 5) is 12.3. The van der Waals surface area contributed by atoms with Crippen LogP contribution in [0.5, 0.6) is 17.2 Å². The highest BCUT2D eigenvalue weighted by atomic mass is 16.5. The molecule has 1 heterocycles. The van der Waals surface area contributed by atoms with Gasteiger partial charge in [0, 0.05) is 6.08 Å². The number of carbonyl (C=O) groups is 1. The lowest BCUT2D eigenvalue weighted by atomic mass is 10.0. The minimum absolute atomic E-state index is 0.0410. The first kappa shape index (κ1) is 21.9. The highest BCUT2D eigenvalue weighted by molar-refractivity contribution is 6.00. The number of hydrogen-bond donors (Lipinski definition) is 1. The van der Waals surface area contributed by atoms with Gasteiger partial charge in [0.05, 0.1) is 27.8 Å². The van der Waals surface area contributed by atoms with Crippen molar-refractivity contribution in [3.8, 4) is 17.2 Å². The number of aryl methyl sites for hydroxylation is 2. The number of amides is 1. The zero-order valence-corrected chi connectivity index (χ0v) is 18.2. The Morgan fingerprint density at radius 2 is 1.74 bits per heavy atom. The number of rotatable bonds is 8. The van der Waals surface area contributed by atoms with Crippen molar-refractivity contribution < 1.29 is 23.4 Å². The van der Waals surface area contributed by atoms with E-state index in [1.165, 1.54) is 33.0 Å². The second-order valence-corrected chi connectivity index (χ2v) is 6.89. The molecule has 2 aromatic carbocycles. The highest BCUT2D eigenvalue weighted by Crippen LogP contribution is 2.38. The van der Waals surface area contributed by atoms with Crippen LogP contribution in [0.25, 0.3) is 6.08 Å². The molecule has 3 aromatic rings. The Morgan fingerprint density at radius 3 is 2.35 bits per heavy atom. The van der Waals surface area contributed by atoms with Gasteiger partial charge in [-0.15, -0.1) is 5.10 Å². The fourth-order valence-corrected chi connectivity index (χ4v) is 3.10. The minimum Gasteiger partial charge on any atom is -0.493 e. The van der Waals surface area contributed by atoms with E-state index in [2.05, 4.69) is 21.6 Å². The zero-order valence-electron chi connectivity index (χ0n) is 18.2. The zero-order chi connectivity index (χ0) is 22.4. The summed E-state index contributed by atoms with van der Waals surface area (Å²) in [7, 11) is 4.59. The Kier molecular flexibility index (Phi) is 6.92. The smallest absolute Gasteiger partial charge is 0.322 e. The Balaban J connectivity index is 1.67. The number of aromatic nitrogens is 2. The van der Waals surface area contributed by atoms with Crippen molar-refractivity contribution in [2.45, 2.75) is 20.3 Å². The molecule has 0 bridgehead atoms. The van der Waals surface area contributed by atoms with Gasteiger partial charge in [0.2, 0.25) is 11.6 Å². The number of carbonyl (C=O) groups excluding carboxylic acids is 1. The first-order valence-electron chi connectivity index (χ1n) is 9.61. The van der Waals surface area contributed by atoms with E-state index in [1.807, 2.05) is 26.0 Å². The van der Waals surface area contributed by atoms with Gasteiger partial charge in [0.1, 0.15) is 0 Å². The molecule has 0 aliphatic rings. The Bertz CT molecular complexity index is 1080. The third kappa shape index (κ3) is 5.42. The second-order valence-electron chi connectivity index (χ2n) is 6.89. The molecule has 0 radical (unpaired) electrons. The van der Waals surface area contributed by atoms with E-state index in [0.717, 1.165) is 11.1 Å². The van der Waals surface area contributed by atoms with Gasteiger partial charge in [0.25, 0.3) is 5.91 Å². The number of ether oxygens (including phenoxy) is 3. The van der Waals surface area contributed by atoms with Crippen LogP contribution in [0, 0.1) is 13.8 Å². The predicted molar refractivity (Wildman–Crippen MR) is 117 cm³/mol. The lowest BCUT2D eigenvalue weighted by Gasteiger charge is -2.12. The summed E-state index contributed by atoms with van der Waals surface area (Å²) in [6, 6.07) is 9.68. The molecule has 0 atom stereocenters. The molecule has 1 N–H and O–H groups in total. The fraction of sp³-hybridized carbons (Fsp3) is 0.261. The van der Waals surface area contributed by atoms with Crippen LogP contribution >= 0.6 is 0 Å². The van der Waals surface area contributed by atoms with Gasteiger partial charge < -0.3 is 18.6 Å². The van der Waals surface area contributed by atoms with Crippen LogP contribution in [-0.4, -0.2) is 37.4 Å². The van der Waals surface area contributed by atoms with Crippen molar-refractivity contribution in [3.63, 3.8) is 0 Å². The lowest BCUT2D eigenvalue weighted by molar-refractivity contribution is -0.112. The molecule has 3 rings (SSSR count). The van der Waals surface area contributed by atoms with Gasteiger partial charge in [-0.3, -0.25) is 10.1 Å². The Labute approximate surface area is 180 Å². The molecule has 8 heteroatoms. The summed E-state index contributed by atoms with van der Waals surface area (Å²) < 4.78 is 21.5. The Morgan fingerprint density at radius 1 is 1.03 bits per heavy atom. The van der Waals surface area contributed by atoms with E-state index < -0.39 is 5.91 Å². The number of hydrogen-bond acceptors (Lipinski definition) is 7. The standard InChI is InChI=1S/C23H25N3O5/c1-14-6-8-17(15(2)10-14)13-21-25-26-23(31-21)24-20(27)9-7-16-11-18(28-3)22(30-5)19(12-16)29-4/h6-12H,13H2,1-5H3,(H,24,26,27)/b9-7+. The number of methoxy groups -OCH3 is 3. The van der Waals surface area contributed by atoms with E-state index in [1.54, 1.807) is 18.2 Å². The molecule has 0 saturated heterocycles. The first-order valence-corrected chi connectivity index (χ1v) is 9.61. The maximum Gasteiger partial charge on any atom is 0.322 e. The third-order valence-corrected chi connectivity index (χ3v) is 4.65. The van der Waals surface area contributed by atoms with Crippen LogP contribution in [0.3, 0.4) is 0 Å². The molecular formula is C23H25N3O5. The van der Waals surface area contributed by atoms with Crippen LogP contribution in [0.1, 0.15) is 28.1 Å². The van der Waals surface area contributed by atoms with Gasteiger partial charge >= 0.3 is 6.01 Å². The highest BCUT2D eigenvalue weighted by Gasteiger charge is 2.13. The molecular weight excluding hydrogens is 398 g/mol. The van der Waals surface area contributed by atoms with E-state index in [-0.39, 0.29) is 6.01 Å². The predicted octanol–water partition coefficient (Wildman–Crippen LogP) is 3.95. The van der Waals surface area contributed by atoms with Crippen LogP contribution in [0.15, 0.2) is 40.8 Å². The average molecular weight is 423 g/mol. The van der Waals surface area contributed by atoms with E-state index >= 15 is 0 Å². The second kappa shape index (κ2) is 9.80. The van der Waals surface area contributed by atoms with Crippen LogP contribution < -0.4 is 19.5 Å². The van der Waals surface area contributed by atoms with Crippen molar-refractivity contribution in [3.05, 3.63) is 64.6 Å². The fourth-order valence-electron chi connectivity index (χ4n) is 3.10. The van der Waals surface area contributed by atoms with Crippen molar-refractivity contribution in [2.24, 2.45) is 0 Å². The minimum atomic E-state index is -0.407. The molecule has 162 valence electrons. The molecule has 0 spiro atoms. The number of nitrogens with zero attached hydrogens (tertiary/aromatic N) is 2. The van der Waals surface area contributed by atoms with Crippen LogP contribution in [0.4, 0.5) is 6.01 Å². The molecule has 8 nitrogen and oxygen atoms in total. The lowest BCUT2D eigenvalue weighted by Crippen LogP contribution is -2.07. The summed E-state index contributed by atoms with van der Waals surface area (Å²) in [6.45, 7) is 4.08. The van der Waals surface area contributed by atoms with E-state index in [4.69, 9.17) is 18.6 Å². The van der Waals surface area contributed by atoms with E-state index in [0.29, 0.717) is 35.1 Å². The molecule has 0 unspecified atom stereocenters. The van der Waals surface area contributed by atoms with Gasteiger partial charge in [-0.2, -0.15) is 0 Å². The summed E-state index contributed by atoms with van der Waals surface area (Å²) in [5, 5.41) is 10.5. The maximum absolute atomic E-state index is 12.3. The molecule has 0 fully saturated rings. The number of anilines is 1. The molecule has 0 saturated carbocycles. The van der Waals surface area contributed by atoms with Crippen molar-refractivity contribution in [2.75, 3.05) is 26.6 Å². The van der Waals surface area contributed by atoms with Gasteiger partial charge in [0.15, 0.2) is 11.5 Å².